The minimum Gasteiger partial charge on any atom is -0.379 e. The van der Waals surface area contributed by atoms with Crippen LogP contribution in [-0.4, -0.2) is 37.2 Å². The fourth-order valence-corrected chi connectivity index (χ4v) is 3.23. The summed E-state index contributed by atoms with van der Waals surface area (Å²) in [4.78, 5) is 2.60. The van der Waals surface area contributed by atoms with Crippen molar-refractivity contribution in [3.05, 3.63) is 0 Å². The third kappa shape index (κ3) is 3.46. The Hall–Kier alpha value is -0.0800. The molecule has 90 valence electrons. The Morgan fingerprint density at radius 2 is 1.27 bits per heavy atom. The first-order chi connectivity index (χ1) is 6.73. The zero-order valence-electron chi connectivity index (χ0n) is 11.3. The number of morpholine rings is 1. The van der Waals surface area contributed by atoms with Gasteiger partial charge < -0.3 is 4.74 Å². The first-order valence-electron chi connectivity index (χ1n) is 6.05. The lowest BCUT2D eigenvalue weighted by atomic mass is 9.71. The van der Waals surface area contributed by atoms with Crippen LogP contribution >= 0.6 is 0 Å². The molecular weight excluding hydrogens is 186 g/mol. The third-order valence-electron chi connectivity index (χ3n) is 3.05. The molecule has 1 saturated heterocycles. The lowest BCUT2D eigenvalue weighted by molar-refractivity contribution is -0.0476. The highest BCUT2D eigenvalue weighted by Crippen LogP contribution is 2.37. The quantitative estimate of drug-likeness (QED) is 0.664. The van der Waals surface area contributed by atoms with E-state index in [9.17, 15) is 0 Å². The molecule has 15 heavy (non-hydrogen) atoms. The molecule has 2 nitrogen and oxygen atoms in total. The molecule has 1 fully saturated rings. The molecule has 0 aromatic rings. The van der Waals surface area contributed by atoms with Crippen LogP contribution in [0.1, 0.15) is 41.5 Å². The number of hydrogen-bond donors (Lipinski definition) is 0. The summed E-state index contributed by atoms with van der Waals surface area (Å²) < 4.78 is 5.43. The zero-order valence-corrected chi connectivity index (χ0v) is 11.3. The van der Waals surface area contributed by atoms with Crippen molar-refractivity contribution in [3.8, 4) is 0 Å². The van der Waals surface area contributed by atoms with Gasteiger partial charge in [0, 0.05) is 19.1 Å². The van der Waals surface area contributed by atoms with E-state index in [0.29, 0.717) is 16.9 Å². The molecule has 0 saturated carbocycles. The van der Waals surface area contributed by atoms with Crippen LogP contribution in [0.4, 0.5) is 0 Å². The summed E-state index contributed by atoms with van der Waals surface area (Å²) in [5.74, 6) is 0. The number of ether oxygens (including phenoxy) is 1. The molecule has 0 bridgehead atoms. The van der Waals surface area contributed by atoms with Crippen molar-refractivity contribution in [3.63, 3.8) is 0 Å². The molecule has 0 amide bonds. The van der Waals surface area contributed by atoms with Gasteiger partial charge >= 0.3 is 0 Å². The maximum Gasteiger partial charge on any atom is 0.0594 e. The van der Waals surface area contributed by atoms with Gasteiger partial charge in [0.2, 0.25) is 0 Å². The van der Waals surface area contributed by atoms with Crippen molar-refractivity contribution in [2.45, 2.75) is 47.6 Å². The third-order valence-corrected chi connectivity index (χ3v) is 3.05. The summed E-state index contributed by atoms with van der Waals surface area (Å²) in [5.41, 5.74) is 0.658. The van der Waals surface area contributed by atoms with E-state index in [4.69, 9.17) is 4.74 Å². The van der Waals surface area contributed by atoms with Crippen LogP contribution in [-0.2, 0) is 4.74 Å². The van der Waals surface area contributed by atoms with Crippen molar-refractivity contribution < 1.29 is 4.74 Å². The number of hydrogen-bond acceptors (Lipinski definition) is 2. The van der Waals surface area contributed by atoms with E-state index in [0.717, 1.165) is 26.3 Å². The predicted octanol–water partition coefficient (Wildman–Crippen LogP) is 2.78. The van der Waals surface area contributed by atoms with Crippen LogP contribution in [0.3, 0.4) is 0 Å². The van der Waals surface area contributed by atoms with E-state index in [-0.39, 0.29) is 0 Å². The number of rotatable bonds is 1. The molecule has 1 heterocycles. The van der Waals surface area contributed by atoms with Crippen molar-refractivity contribution in [1.29, 1.82) is 0 Å². The summed E-state index contributed by atoms with van der Waals surface area (Å²) in [6.45, 7) is 18.0. The first-order valence-corrected chi connectivity index (χ1v) is 6.05. The van der Waals surface area contributed by atoms with Crippen LogP contribution in [0.15, 0.2) is 0 Å². The smallest absolute Gasteiger partial charge is 0.0594 e. The second-order valence-electron chi connectivity index (χ2n) is 6.78. The highest BCUT2D eigenvalue weighted by molar-refractivity contribution is 4.92. The Morgan fingerprint density at radius 3 is 1.60 bits per heavy atom. The van der Waals surface area contributed by atoms with Gasteiger partial charge in [-0.3, -0.25) is 4.90 Å². The van der Waals surface area contributed by atoms with E-state index in [1.54, 1.807) is 0 Å². The van der Waals surface area contributed by atoms with Gasteiger partial charge in [-0.1, -0.05) is 41.5 Å². The zero-order chi connectivity index (χ0) is 11.7. The molecule has 2 heteroatoms. The van der Waals surface area contributed by atoms with Gasteiger partial charge in [0.05, 0.1) is 13.2 Å². The Balaban J connectivity index is 2.80. The van der Waals surface area contributed by atoms with Gasteiger partial charge in [0.1, 0.15) is 0 Å². The molecule has 0 spiro atoms. The summed E-state index contributed by atoms with van der Waals surface area (Å²) in [6.07, 6.45) is 0. The van der Waals surface area contributed by atoms with Gasteiger partial charge in [-0.05, 0) is 10.8 Å². The highest BCUT2D eigenvalue weighted by atomic mass is 16.5. The lowest BCUT2D eigenvalue weighted by Gasteiger charge is -2.49. The standard InChI is InChI=1S/C13H27NO/c1-12(2,3)11(13(4,5)6)14-7-9-15-10-8-14/h11H,7-10H2,1-6H3. The Bertz CT molecular complexity index is 180. The average Bonchev–Trinajstić information content (AvgIpc) is 2.00. The van der Waals surface area contributed by atoms with Gasteiger partial charge in [-0.15, -0.1) is 0 Å². The monoisotopic (exact) mass is 213 g/mol. The summed E-state index contributed by atoms with van der Waals surface area (Å²) in [7, 11) is 0. The van der Waals surface area contributed by atoms with Crippen molar-refractivity contribution in [2.75, 3.05) is 26.3 Å². The van der Waals surface area contributed by atoms with Crippen molar-refractivity contribution >= 4 is 0 Å². The normalized spacial score (nSPS) is 21.0. The molecule has 0 aromatic carbocycles. The van der Waals surface area contributed by atoms with E-state index < -0.39 is 0 Å². The molecule has 0 aliphatic carbocycles. The van der Waals surface area contributed by atoms with Crippen molar-refractivity contribution in [1.82, 2.24) is 4.90 Å². The predicted molar refractivity (Wildman–Crippen MR) is 65.1 cm³/mol. The maximum absolute atomic E-state index is 5.43. The molecule has 0 atom stereocenters. The van der Waals surface area contributed by atoms with Crippen LogP contribution in [0.25, 0.3) is 0 Å². The Kier molecular flexibility index (Phi) is 3.83. The van der Waals surface area contributed by atoms with Gasteiger partial charge in [0.25, 0.3) is 0 Å². The second-order valence-corrected chi connectivity index (χ2v) is 6.78. The fraction of sp³-hybridized carbons (Fsp3) is 1.00. The van der Waals surface area contributed by atoms with Crippen molar-refractivity contribution in [2.24, 2.45) is 10.8 Å². The minimum atomic E-state index is 0.329. The molecule has 1 rings (SSSR count). The van der Waals surface area contributed by atoms with Gasteiger partial charge in [-0.25, -0.2) is 0 Å². The topological polar surface area (TPSA) is 12.5 Å². The van der Waals surface area contributed by atoms with Crippen LogP contribution in [0.2, 0.25) is 0 Å². The highest BCUT2D eigenvalue weighted by Gasteiger charge is 2.39. The SMILES string of the molecule is CC(C)(C)C(N1CCOCC1)C(C)(C)C. The van der Waals surface area contributed by atoms with E-state index in [2.05, 4.69) is 46.4 Å². The summed E-state index contributed by atoms with van der Waals surface area (Å²) >= 11 is 0. The molecule has 1 aliphatic rings. The van der Waals surface area contributed by atoms with Crippen LogP contribution in [0, 0.1) is 10.8 Å². The minimum absolute atomic E-state index is 0.329. The number of nitrogens with zero attached hydrogens (tertiary/aromatic N) is 1. The molecule has 1 aliphatic heterocycles. The van der Waals surface area contributed by atoms with E-state index in [1.165, 1.54) is 0 Å². The summed E-state index contributed by atoms with van der Waals surface area (Å²) in [6, 6.07) is 0.619. The Morgan fingerprint density at radius 1 is 0.867 bits per heavy atom. The summed E-state index contributed by atoms with van der Waals surface area (Å²) in [5, 5.41) is 0. The average molecular weight is 213 g/mol. The Labute approximate surface area is 95.0 Å². The molecule has 0 unspecified atom stereocenters. The maximum atomic E-state index is 5.43. The largest absolute Gasteiger partial charge is 0.379 e. The molecule has 0 N–H and O–H groups in total. The first kappa shape index (κ1) is 13.0. The van der Waals surface area contributed by atoms with Gasteiger partial charge in [-0.2, -0.15) is 0 Å². The molecule has 0 radical (unpaired) electrons. The second kappa shape index (κ2) is 4.42. The van der Waals surface area contributed by atoms with Gasteiger partial charge in [0.15, 0.2) is 0 Å². The molecular formula is C13H27NO. The van der Waals surface area contributed by atoms with E-state index >= 15 is 0 Å². The fourth-order valence-electron chi connectivity index (χ4n) is 3.23. The van der Waals surface area contributed by atoms with Crippen LogP contribution < -0.4 is 0 Å². The molecule has 0 aromatic heterocycles. The van der Waals surface area contributed by atoms with E-state index in [1.807, 2.05) is 0 Å². The van der Waals surface area contributed by atoms with Crippen LogP contribution in [0.5, 0.6) is 0 Å². The lowest BCUT2D eigenvalue weighted by Crippen LogP contribution is -2.55.